The van der Waals surface area contributed by atoms with Crippen LogP contribution in [0, 0.1) is 13.8 Å². The lowest BCUT2D eigenvalue weighted by atomic mass is 10.1. The van der Waals surface area contributed by atoms with Crippen molar-refractivity contribution in [2.24, 2.45) is 0 Å². The number of amides is 1. The van der Waals surface area contributed by atoms with Gasteiger partial charge in [-0.05, 0) is 57.0 Å². The monoisotopic (exact) mass is 368 g/mol. The van der Waals surface area contributed by atoms with Gasteiger partial charge in [-0.15, -0.1) is 0 Å². The fourth-order valence-corrected chi connectivity index (χ4v) is 4.20. The second-order valence-corrected chi connectivity index (χ2v) is 7.57. The number of benzene rings is 1. The van der Waals surface area contributed by atoms with Gasteiger partial charge in [0.1, 0.15) is 0 Å². The standard InChI is InChI=1S/C21H28N4O2/c1-16-13-17(2)25(22-16)19-6-3-5-18(14-19)15-24-8-4-7-20(24)21(26)23-9-11-27-12-10-23/h3,5-6,13-14,20H,4,7-12,15H2,1-2H3/t20-/m0/s1. The van der Waals surface area contributed by atoms with Crippen molar-refractivity contribution in [1.29, 1.82) is 0 Å². The van der Waals surface area contributed by atoms with Gasteiger partial charge in [-0.2, -0.15) is 5.10 Å². The minimum atomic E-state index is 0.000407. The largest absolute Gasteiger partial charge is 0.378 e. The molecule has 2 aromatic rings. The zero-order valence-electron chi connectivity index (χ0n) is 16.2. The third kappa shape index (κ3) is 3.92. The average molecular weight is 368 g/mol. The van der Waals surface area contributed by atoms with Crippen molar-refractivity contribution >= 4 is 5.91 Å². The fraction of sp³-hybridized carbons (Fsp3) is 0.524. The van der Waals surface area contributed by atoms with Crippen molar-refractivity contribution in [1.82, 2.24) is 19.6 Å². The molecule has 0 unspecified atom stereocenters. The number of carbonyl (C=O) groups is 1. The summed E-state index contributed by atoms with van der Waals surface area (Å²) in [4.78, 5) is 17.3. The Morgan fingerprint density at radius 2 is 2.00 bits per heavy atom. The van der Waals surface area contributed by atoms with E-state index in [-0.39, 0.29) is 11.9 Å². The highest BCUT2D eigenvalue weighted by Gasteiger charge is 2.34. The number of rotatable bonds is 4. The van der Waals surface area contributed by atoms with E-state index in [0.29, 0.717) is 13.2 Å². The van der Waals surface area contributed by atoms with Gasteiger partial charge >= 0.3 is 0 Å². The van der Waals surface area contributed by atoms with Crippen LogP contribution in [0.2, 0.25) is 0 Å². The summed E-state index contributed by atoms with van der Waals surface area (Å²) in [7, 11) is 0. The topological polar surface area (TPSA) is 50.6 Å². The van der Waals surface area contributed by atoms with Crippen molar-refractivity contribution in [2.45, 2.75) is 39.3 Å². The van der Waals surface area contributed by atoms with E-state index in [1.165, 1.54) is 5.56 Å². The molecule has 0 aliphatic carbocycles. The van der Waals surface area contributed by atoms with E-state index >= 15 is 0 Å². The second-order valence-electron chi connectivity index (χ2n) is 7.57. The van der Waals surface area contributed by atoms with Crippen molar-refractivity contribution in [3.8, 4) is 5.69 Å². The molecule has 0 bridgehead atoms. The van der Waals surface area contributed by atoms with Crippen LogP contribution in [0.1, 0.15) is 29.8 Å². The summed E-state index contributed by atoms with van der Waals surface area (Å²) < 4.78 is 7.37. The molecule has 3 heterocycles. The lowest BCUT2D eigenvalue weighted by Crippen LogP contribution is -2.49. The van der Waals surface area contributed by atoms with Crippen molar-refractivity contribution in [2.75, 3.05) is 32.8 Å². The quantitative estimate of drug-likeness (QED) is 0.831. The minimum absolute atomic E-state index is 0.000407. The number of aryl methyl sites for hydroxylation is 2. The molecule has 1 aromatic heterocycles. The Bertz CT molecular complexity index is 810. The molecule has 0 spiro atoms. The van der Waals surface area contributed by atoms with Crippen molar-refractivity contribution in [3.05, 3.63) is 47.3 Å². The molecular weight excluding hydrogens is 340 g/mol. The Labute approximate surface area is 160 Å². The summed E-state index contributed by atoms with van der Waals surface area (Å²) in [5, 5.41) is 4.59. The normalized spacial score (nSPS) is 21.0. The number of ether oxygens (including phenoxy) is 1. The molecule has 0 saturated carbocycles. The Hall–Kier alpha value is -2.18. The van der Waals surface area contributed by atoms with Gasteiger partial charge in [0, 0.05) is 25.3 Å². The Balaban J connectivity index is 1.49. The molecule has 1 amide bonds. The van der Waals surface area contributed by atoms with Gasteiger partial charge in [0.2, 0.25) is 5.91 Å². The van der Waals surface area contributed by atoms with Gasteiger partial charge < -0.3 is 9.64 Å². The highest BCUT2D eigenvalue weighted by molar-refractivity contribution is 5.82. The third-order valence-electron chi connectivity index (χ3n) is 5.52. The molecule has 1 aromatic carbocycles. The maximum absolute atomic E-state index is 13.0. The van der Waals surface area contributed by atoms with E-state index in [9.17, 15) is 4.79 Å². The first-order valence-corrected chi connectivity index (χ1v) is 9.85. The summed E-state index contributed by atoms with van der Waals surface area (Å²) in [5.41, 5.74) is 4.45. The molecule has 6 heteroatoms. The molecule has 2 fully saturated rings. The summed E-state index contributed by atoms with van der Waals surface area (Å²) >= 11 is 0. The average Bonchev–Trinajstić information content (AvgIpc) is 3.28. The summed E-state index contributed by atoms with van der Waals surface area (Å²) in [6, 6.07) is 10.6. The van der Waals surface area contributed by atoms with Crippen LogP contribution in [0.3, 0.4) is 0 Å². The number of aromatic nitrogens is 2. The van der Waals surface area contributed by atoms with Crippen LogP contribution >= 0.6 is 0 Å². The van der Waals surface area contributed by atoms with Gasteiger partial charge in [0.25, 0.3) is 0 Å². The fourth-order valence-electron chi connectivity index (χ4n) is 4.20. The predicted molar refractivity (Wildman–Crippen MR) is 104 cm³/mol. The maximum Gasteiger partial charge on any atom is 0.240 e. The van der Waals surface area contributed by atoms with E-state index in [4.69, 9.17) is 4.74 Å². The molecule has 0 radical (unpaired) electrons. The molecule has 1 atom stereocenters. The Kier molecular flexibility index (Phi) is 5.27. The first-order valence-electron chi connectivity index (χ1n) is 9.85. The van der Waals surface area contributed by atoms with E-state index in [2.05, 4.69) is 47.3 Å². The molecule has 144 valence electrons. The van der Waals surface area contributed by atoms with Gasteiger partial charge in [-0.25, -0.2) is 4.68 Å². The highest BCUT2D eigenvalue weighted by Crippen LogP contribution is 2.23. The molecule has 4 rings (SSSR count). The lowest BCUT2D eigenvalue weighted by Gasteiger charge is -2.32. The van der Waals surface area contributed by atoms with E-state index in [0.717, 1.165) is 56.1 Å². The summed E-state index contributed by atoms with van der Waals surface area (Å²) in [6.07, 6.45) is 2.03. The van der Waals surface area contributed by atoms with Crippen LogP contribution in [0.15, 0.2) is 30.3 Å². The zero-order chi connectivity index (χ0) is 18.8. The lowest BCUT2D eigenvalue weighted by molar-refractivity contribution is -0.140. The molecule has 2 saturated heterocycles. The molecular formula is C21H28N4O2. The number of morpholine rings is 1. The summed E-state index contributed by atoms with van der Waals surface area (Å²) in [5.74, 6) is 0.269. The van der Waals surface area contributed by atoms with Crippen LogP contribution in [-0.2, 0) is 16.1 Å². The van der Waals surface area contributed by atoms with Gasteiger partial charge in [0.05, 0.1) is 30.6 Å². The van der Waals surface area contributed by atoms with E-state index in [1.807, 2.05) is 16.5 Å². The molecule has 27 heavy (non-hydrogen) atoms. The van der Waals surface area contributed by atoms with Gasteiger partial charge in [-0.3, -0.25) is 9.69 Å². The van der Waals surface area contributed by atoms with Crippen LogP contribution in [0.5, 0.6) is 0 Å². The molecule has 2 aliphatic heterocycles. The van der Waals surface area contributed by atoms with Gasteiger partial charge in [-0.1, -0.05) is 12.1 Å². The van der Waals surface area contributed by atoms with Crippen molar-refractivity contribution in [3.63, 3.8) is 0 Å². The highest BCUT2D eigenvalue weighted by atomic mass is 16.5. The number of carbonyl (C=O) groups excluding carboxylic acids is 1. The molecule has 6 nitrogen and oxygen atoms in total. The van der Waals surface area contributed by atoms with Crippen LogP contribution in [0.4, 0.5) is 0 Å². The van der Waals surface area contributed by atoms with E-state index in [1.54, 1.807) is 0 Å². The van der Waals surface area contributed by atoms with Crippen LogP contribution in [0.25, 0.3) is 5.69 Å². The number of likely N-dealkylation sites (tertiary alicyclic amines) is 1. The second kappa shape index (κ2) is 7.82. The summed E-state index contributed by atoms with van der Waals surface area (Å²) in [6.45, 7) is 8.61. The minimum Gasteiger partial charge on any atom is -0.378 e. The maximum atomic E-state index is 13.0. The van der Waals surface area contributed by atoms with Gasteiger partial charge in [0.15, 0.2) is 0 Å². The van der Waals surface area contributed by atoms with Crippen LogP contribution < -0.4 is 0 Å². The number of hydrogen-bond acceptors (Lipinski definition) is 4. The number of nitrogens with zero attached hydrogens (tertiary/aromatic N) is 4. The third-order valence-corrected chi connectivity index (χ3v) is 5.52. The van der Waals surface area contributed by atoms with E-state index < -0.39 is 0 Å². The number of hydrogen-bond donors (Lipinski definition) is 0. The SMILES string of the molecule is Cc1cc(C)n(-c2cccc(CN3CCC[C@H]3C(=O)N3CCOCC3)c2)n1. The Morgan fingerprint density at radius 1 is 1.19 bits per heavy atom. The Morgan fingerprint density at radius 3 is 2.74 bits per heavy atom. The predicted octanol–water partition coefficient (Wildman–Crippen LogP) is 2.31. The smallest absolute Gasteiger partial charge is 0.240 e. The molecule has 0 N–H and O–H groups in total. The first kappa shape index (κ1) is 18.2. The van der Waals surface area contributed by atoms with Crippen LogP contribution in [-0.4, -0.2) is 64.4 Å². The zero-order valence-corrected chi connectivity index (χ0v) is 16.2. The first-order chi connectivity index (χ1) is 13.1. The molecule has 2 aliphatic rings. The van der Waals surface area contributed by atoms with Crippen molar-refractivity contribution < 1.29 is 9.53 Å².